The Morgan fingerprint density at radius 2 is 1.91 bits per heavy atom. The summed E-state index contributed by atoms with van der Waals surface area (Å²) in [7, 11) is 0. The second-order valence-corrected chi connectivity index (χ2v) is 8.52. The van der Waals surface area contributed by atoms with Gasteiger partial charge in [0.2, 0.25) is 5.91 Å². The van der Waals surface area contributed by atoms with Gasteiger partial charge in [0, 0.05) is 30.4 Å². The predicted molar refractivity (Wildman–Crippen MR) is 117 cm³/mol. The zero-order valence-corrected chi connectivity index (χ0v) is 18.3. The van der Waals surface area contributed by atoms with Gasteiger partial charge in [0.25, 0.3) is 0 Å². The monoisotopic (exact) mass is 439 g/mol. The van der Waals surface area contributed by atoms with E-state index in [1.165, 1.54) is 12.1 Å². The summed E-state index contributed by atoms with van der Waals surface area (Å²) in [4.78, 5) is 19.1. The number of likely N-dealkylation sites (tertiary alicyclic amines) is 1. The third kappa shape index (κ3) is 4.58. The van der Waals surface area contributed by atoms with Gasteiger partial charge in [0.05, 0.1) is 24.7 Å². The molecule has 1 aromatic heterocycles. The average molecular weight is 440 g/mol. The maximum atomic E-state index is 13.7. The molecular weight excluding hydrogens is 412 g/mol. The van der Waals surface area contributed by atoms with Crippen molar-refractivity contribution in [3.8, 4) is 5.69 Å². The van der Waals surface area contributed by atoms with Crippen molar-refractivity contribution in [2.75, 3.05) is 13.2 Å². The molecule has 0 bridgehead atoms. The third-order valence-electron chi connectivity index (χ3n) is 6.14. The maximum Gasteiger partial charge on any atom is 0.226 e. The molecule has 3 aromatic rings. The van der Waals surface area contributed by atoms with E-state index in [2.05, 4.69) is 11.1 Å². The number of hydrogen-bond donors (Lipinski definition) is 1. The van der Waals surface area contributed by atoms with Crippen LogP contribution in [0.2, 0.25) is 0 Å². The highest BCUT2D eigenvalue weighted by Gasteiger charge is 2.34. The number of hydrogen-bond acceptors (Lipinski definition) is 3. The lowest BCUT2D eigenvalue weighted by Crippen LogP contribution is -2.45. The van der Waals surface area contributed by atoms with Crippen LogP contribution in [0.15, 0.2) is 48.9 Å². The van der Waals surface area contributed by atoms with Gasteiger partial charge in [-0.25, -0.2) is 13.8 Å². The van der Waals surface area contributed by atoms with E-state index in [0.29, 0.717) is 13.0 Å². The molecule has 4 rings (SSSR count). The fraction of sp³-hybridized carbons (Fsp3) is 0.360. The first-order valence-electron chi connectivity index (χ1n) is 10.8. The molecule has 5 nitrogen and oxygen atoms in total. The summed E-state index contributed by atoms with van der Waals surface area (Å²) in [6.07, 6.45) is 5.84. The smallest absolute Gasteiger partial charge is 0.226 e. The number of carbonyl (C=O) groups excluding carboxylic acids is 1. The summed E-state index contributed by atoms with van der Waals surface area (Å²) in [5.41, 5.74) is 4.40. The zero-order chi connectivity index (χ0) is 22.8. The molecule has 1 aliphatic rings. The van der Waals surface area contributed by atoms with E-state index in [-0.39, 0.29) is 24.0 Å². The Bertz CT molecular complexity index is 1110. The summed E-state index contributed by atoms with van der Waals surface area (Å²) in [6.45, 7) is 4.04. The average Bonchev–Trinajstić information content (AvgIpc) is 3.16. The number of piperidine rings is 1. The van der Waals surface area contributed by atoms with Gasteiger partial charge >= 0.3 is 0 Å². The number of aliphatic hydroxyl groups is 1. The van der Waals surface area contributed by atoms with Crippen LogP contribution in [-0.4, -0.2) is 38.6 Å². The van der Waals surface area contributed by atoms with Gasteiger partial charge in [-0.3, -0.25) is 4.79 Å². The molecule has 0 aliphatic carbocycles. The van der Waals surface area contributed by atoms with Crippen LogP contribution in [0.1, 0.15) is 41.3 Å². The molecule has 7 heteroatoms. The van der Waals surface area contributed by atoms with Crippen LogP contribution >= 0.6 is 0 Å². The minimum atomic E-state index is -0.760. The van der Waals surface area contributed by atoms with E-state index >= 15 is 0 Å². The molecular formula is C25H27F2N3O2. The highest BCUT2D eigenvalue weighted by Crippen LogP contribution is 2.31. The predicted octanol–water partition coefficient (Wildman–Crippen LogP) is 4.28. The molecule has 0 radical (unpaired) electrons. The van der Waals surface area contributed by atoms with Crippen molar-refractivity contribution in [3.05, 3.63) is 82.9 Å². The lowest BCUT2D eigenvalue weighted by molar-refractivity contribution is -0.142. The quantitative estimate of drug-likeness (QED) is 0.624. The van der Waals surface area contributed by atoms with Gasteiger partial charge in [-0.2, -0.15) is 0 Å². The molecule has 2 unspecified atom stereocenters. The molecule has 0 spiro atoms. The molecule has 0 saturated carbocycles. The largest absolute Gasteiger partial charge is 0.394 e. The number of imidazole rings is 1. The van der Waals surface area contributed by atoms with Crippen LogP contribution in [0.25, 0.3) is 5.69 Å². The third-order valence-corrected chi connectivity index (χ3v) is 6.14. The fourth-order valence-corrected chi connectivity index (χ4v) is 4.60. The van der Waals surface area contributed by atoms with Gasteiger partial charge in [0.15, 0.2) is 0 Å². The standard InChI is InChI=1S/C25H27F2N3O2/c1-16-8-18(5-6-23(16)29-13-17(2)28-15-29)9-19-4-3-7-30(25(19)32)24(14-31)20-10-21(26)12-22(27)11-20/h5-6,8,10-13,15,19,24,31H,3-4,7,9,14H2,1-2H3. The highest BCUT2D eigenvalue weighted by atomic mass is 19.1. The van der Waals surface area contributed by atoms with Crippen LogP contribution in [0.3, 0.4) is 0 Å². The Kier molecular flexibility index (Phi) is 6.37. The van der Waals surface area contributed by atoms with Gasteiger partial charge in [-0.05, 0) is 68.0 Å². The minimum absolute atomic E-state index is 0.0908. The molecule has 2 heterocycles. The summed E-state index contributed by atoms with van der Waals surface area (Å²) < 4.78 is 29.4. The van der Waals surface area contributed by atoms with E-state index in [0.717, 1.165) is 41.4 Å². The van der Waals surface area contributed by atoms with Crippen molar-refractivity contribution in [3.63, 3.8) is 0 Å². The van der Waals surface area contributed by atoms with Crippen LogP contribution in [0.4, 0.5) is 8.78 Å². The van der Waals surface area contributed by atoms with Gasteiger partial charge in [-0.15, -0.1) is 0 Å². The van der Waals surface area contributed by atoms with Crippen LogP contribution < -0.4 is 0 Å². The van der Waals surface area contributed by atoms with Gasteiger partial charge in [0.1, 0.15) is 11.6 Å². The second kappa shape index (κ2) is 9.20. The van der Waals surface area contributed by atoms with Crippen molar-refractivity contribution >= 4 is 5.91 Å². The molecule has 1 saturated heterocycles. The summed E-state index contributed by atoms with van der Waals surface area (Å²) in [5, 5.41) is 9.94. The fourth-order valence-electron chi connectivity index (χ4n) is 4.60. The van der Waals surface area contributed by atoms with E-state index < -0.39 is 17.7 Å². The Balaban J connectivity index is 1.52. The highest BCUT2D eigenvalue weighted by molar-refractivity contribution is 5.80. The van der Waals surface area contributed by atoms with Crippen molar-refractivity contribution in [2.45, 2.75) is 39.2 Å². The SMILES string of the molecule is Cc1cn(-c2ccc(CC3CCCN(C(CO)c4cc(F)cc(F)c4)C3=O)cc2C)cn1. The number of carbonyl (C=O) groups is 1. The molecule has 2 aromatic carbocycles. The normalized spacial score (nSPS) is 17.6. The number of halogens is 2. The molecule has 1 fully saturated rings. The number of rotatable bonds is 6. The molecule has 1 aliphatic heterocycles. The number of aryl methyl sites for hydroxylation is 2. The molecule has 32 heavy (non-hydrogen) atoms. The second-order valence-electron chi connectivity index (χ2n) is 8.52. The molecule has 1 N–H and O–H groups in total. The van der Waals surface area contributed by atoms with E-state index in [9.17, 15) is 18.7 Å². The summed E-state index contributed by atoms with van der Waals surface area (Å²) in [6, 6.07) is 8.53. The van der Waals surface area contributed by atoms with Crippen molar-refractivity contribution in [2.24, 2.45) is 5.92 Å². The zero-order valence-electron chi connectivity index (χ0n) is 18.3. The first-order valence-corrected chi connectivity index (χ1v) is 10.8. The van der Waals surface area contributed by atoms with Gasteiger partial charge < -0.3 is 14.6 Å². The number of aliphatic hydroxyl groups excluding tert-OH is 1. The molecule has 2 atom stereocenters. The number of aromatic nitrogens is 2. The topological polar surface area (TPSA) is 58.4 Å². The number of benzene rings is 2. The lowest BCUT2D eigenvalue weighted by Gasteiger charge is -2.37. The van der Waals surface area contributed by atoms with Crippen LogP contribution in [0, 0.1) is 31.4 Å². The van der Waals surface area contributed by atoms with Crippen molar-refractivity contribution in [1.29, 1.82) is 0 Å². The molecule has 1 amide bonds. The summed E-state index contributed by atoms with van der Waals surface area (Å²) in [5.74, 6) is -1.77. The summed E-state index contributed by atoms with van der Waals surface area (Å²) >= 11 is 0. The first-order chi connectivity index (χ1) is 15.4. The van der Waals surface area contributed by atoms with Crippen LogP contribution in [0.5, 0.6) is 0 Å². The molecule has 168 valence electrons. The van der Waals surface area contributed by atoms with Crippen molar-refractivity contribution in [1.82, 2.24) is 14.5 Å². The van der Waals surface area contributed by atoms with Crippen molar-refractivity contribution < 1.29 is 18.7 Å². The lowest BCUT2D eigenvalue weighted by atomic mass is 9.88. The minimum Gasteiger partial charge on any atom is -0.394 e. The van der Waals surface area contributed by atoms with E-state index in [1.54, 1.807) is 11.2 Å². The Hall–Kier alpha value is -3.06. The Labute approximate surface area is 186 Å². The number of amides is 1. The van der Waals surface area contributed by atoms with Gasteiger partial charge in [-0.1, -0.05) is 12.1 Å². The number of nitrogens with zero attached hydrogens (tertiary/aromatic N) is 3. The van der Waals surface area contributed by atoms with E-state index in [4.69, 9.17) is 0 Å². The van der Waals surface area contributed by atoms with E-state index in [1.807, 2.05) is 36.7 Å². The maximum absolute atomic E-state index is 13.7. The Morgan fingerprint density at radius 3 is 2.53 bits per heavy atom. The first kappa shape index (κ1) is 22.1. The Morgan fingerprint density at radius 1 is 1.16 bits per heavy atom. The van der Waals surface area contributed by atoms with Crippen LogP contribution in [-0.2, 0) is 11.2 Å².